The second kappa shape index (κ2) is 19.4. The van der Waals surface area contributed by atoms with Crippen molar-refractivity contribution in [2.75, 3.05) is 26.8 Å². The maximum atomic E-state index is 14.0. The summed E-state index contributed by atoms with van der Waals surface area (Å²) in [4.78, 5) is 39.8. The summed E-state index contributed by atoms with van der Waals surface area (Å²) >= 11 is 0. The molecule has 1 heterocycles. The van der Waals surface area contributed by atoms with Gasteiger partial charge in [0, 0.05) is 32.3 Å². The number of rotatable bonds is 18. The average molecular weight is 669 g/mol. The molecule has 3 N–H and O–H groups in total. The van der Waals surface area contributed by atoms with Gasteiger partial charge in [0.15, 0.2) is 0 Å². The molecule has 0 aliphatic carbocycles. The summed E-state index contributed by atoms with van der Waals surface area (Å²) in [6, 6.07) is 6.27. The van der Waals surface area contributed by atoms with Crippen molar-refractivity contribution in [1.82, 2.24) is 21.1 Å². The molecule has 0 aromatic heterocycles. The lowest BCUT2D eigenvalue weighted by Crippen LogP contribution is -2.60. The quantitative estimate of drug-likeness (QED) is 0.0925. The van der Waals surface area contributed by atoms with Crippen LogP contribution in [-0.2, 0) is 30.2 Å². The SMILES string of the molecule is C=C/C(=C\CCCNC(=C)[C@H](C)OC)c1cccc(C[C@H](NC(=O)OC(C)(C)C)C(=O)N2CCC[C@@H](C(=O)OCC(C)(C)CCC)N2)c1. The van der Waals surface area contributed by atoms with Crippen LogP contribution in [0.3, 0.4) is 0 Å². The van der Waals surface area contributed by atoms with Crippen LogP contribution in [-0.4, -0.2) is 73.6 Å². The summed E-state index contributed by atoms with van der Waals surface area (Å²) in [5.74, 6) is -0.735. The van der Waals surface area contributed by atoms with E-state index in [2.05, 4.69) is 56.1 Å². The van der Waals surface area contributed by atoms with Crippen molar-refractivity contribution in [2.24, 2.45) is 5.41 Å². The Morgan fingerprint density at radius 3 is 2.56 bits per heavy atom. The molecule has 0 bridgehead atoms. The van der Waals surface area contributed by atoms with Crippen molar-refractivity contribution in [1.29, 1.82) is 0 Å². The third kappa shape index (κ3) is 14.2. The molecule has 3 atom stereocenters. The topological polar surface area (TPSA) is 118 Å². The smallest absolute Gasteiger partial charge is 0.408 e. The minimum absolute atomic E-state index is 0.0517. The predicted octanol–water partition coefficient (Wildman–Crippen LogP) is 6.48. The van der Waals surface area contributed by atoms with Crippen LogP contribution in [0.15, 0.2) is 55.3 Å². The molecule has 2 rings (SSSR count). The maximum Gasteiger partial charge on any atom is 0.408 e. The molecular formula is C38H60N4O6. The normalized spacial score (nSPS) is 16.8. The number of benzene rings is 1. The molecule has 1 saturated heterocycles. The van der Waals surface area contributed by atoms with Gasteiger partial charge in [0.2, 0.25) is 0 Å². The number of esters is 1. The van der Waals surface area contributed by atoms with Gasteiger partial charge in [-0.3, -0.25) is 14.6 Å². The fourth-order valence-electron chi connectivity index (χ4n) is 5.40. The van der Waals surface area contributed by atoms with E-state index in [4.69, 9.17) is 14.2 Å². The predicted molar refractivity (Wildman–Crippen MR) is 192 cm³/mol. The summed E-state index contributed by atoms with van der Waals surface area (Å²) in [5.41, 5.74) is 5.85. The second-order valence-electron chi connectivity index (χ2n) is 14.3. The lowest BCUT2D eigenvalue weighted by Gasteiger charge is -2.35. The molecule has 0 spiro atoms. The van der Waals surface area contributed by atoms with Crippen molar-refractivity contribution >= 4 is 23.5 Å². The van der Waals surface area contributed by atoms with Crippen molar-refractivity contribution in [2.45, 2.75) is 117 Å². The molecule has 1 fully saturated rings. The average Bonchev–Trinajstić information content (AvgIpc) is 3.03. The van der Waals surface area contributed by atoms with Crippen molar-refractivity contribution in [3.05, 3.63) is 66.4 Å². The molecule has 1 aromatic rings. The maximum absolute atomic E-state index is 14.0. The van der Waals surface area contributed by atoms with Crippen LogP contribution in [0.4, 0.5) is 4.79 Å². The third-order valence-corrected chi connectivity index (χ3v) is 8.12. The Morgan fingerprint density at radius 1 is 1.19 bits per heavy atom. The van der Waals surface area contributed by atoms with Gasteiger partial charge in [0.05, 0.1) is 12.7 Å². The Morgan fingerprint density at radius 2 is 1.92 bits per heavy atom. The van der Waals surface area contributed by atoms with E-state index < -0.39 is 23.8 Å². The molecule has 2 amide bonds. The minimum atomic E-state index is -0.939. The minimum Gasteiger partial charge on any atom is -0.464 e. The molecule has 48 heavy (non-hydrogen) atoms. The monoisotopic (exact) mass is 668 g/mol. The zero-order valence-corrected chi connectivity index (χ0v) is 30.6. The highest BCUT2D eigenvalue weighted by Gasteiger charge is 2.34. The van der Waals surface area contributed by atoms with Crippen molar-refractivity contribution in [3.63, 3.8) is 0 Å². The van der Waals surface area contributed by atoms with E-state index in [1.807, 2.05) is 37.3 Å². The Balaban J connectivity index is 2.18. The number of nitrogens with zero attached hydrogens (tertiary/aromatic N) is 1. The Kier molecular flexibility index (Phi) is 16.4. The fraction of sp³-hybridized carbons (Fsp3) is 0.605. The molecule has 0 unspecified atom stereocenters. The summed E-state index contributed by atoms with van der Waals surface area (Å²) < 4.78 is 16.5. The van der Waals surface area contributed by atoms with Gasteiger partial charge in [-0.1, -0.05) is 76.8 Å². The van der Waals surface area contributed by atoms with Gasteiger partial charge in [0.1, 0.15) is 17.7 Å². The first-order chi connectivity index (χ1) is 22.6. The summed E-state index contributed by atoms with van der Waals surface area (Å²) in [6.07, 6.45) is 8.27. The highest BCUT2D eigenvalue weighted by Crippen LogP contribution is 2.24. The van der Waals surface area contributed by atoms with Crippen LogP contribution < -0.4 is 16.1 Å². The number of hydrogen-bond donors (Lipinski definition) is 3. The van der Waals surface area contributed by atoms with E-state index in [0.717, 1.165) is 54.6 Å². The lowest BCUT2D eigenvalue weighted by molar-refractivity contribution is -0.155. The van der Waals surface area contributed by atoms with Crippen molar-refractivity contribution < 1.29 is 28.6 Å². The number of hydrogen-bond acceptors (Lipinski definition) is 8. The van der Waals surface area contributed by atoms with Crippen molar-refractivity contribution in [3.8, 4) is 0 Å². The number of nitrogens with one attached hydrogen (secondary N) is 3. The van der Waals surface area contributed by atoms with Crippen LogP contribution in [0.25, 0.3) is 5.57 Å². The number of allylic oxidation sites excluding steroid dienone is 3. The van der Waals surface area contributed by atoms with Gasteiger partial charge in [-0.15, -0.1) is 0 Å². The van der Waals surface area contributed by atoms with Crippen LogP contribution >= 0.6 is 0 Å². The number of amides is 2. The van der Waals surface area contributed by atoms with Crippen LogP contribution in [0.1, 0.15) is 98.1 Å². The van der Waals surface area contributed by atoms with E-state index in [1.165, 1.54) is 5.01 Å². The van der Waals surface area contributed by atoms with Crippen LogP contribution in [0, 0.1) is 5.41 Å². The fourth-order valence-corrected chi connectivity index (χ4v) is 5.40. The summed E-state index contributed by atoms with van der Waals surface area (Å²) in [7, 11) is 1.66. The van der Waals surface area contributed by atoms with Gasteiger partial charge in [-0.2, -0.15) is 0 Å². The Labute approximate surface area is 288 Å². The van der Waals surface area contributed by atoms with Gasteiger partial charge in [0.25, 0.3) is 5.91 Å². The Bertz CT molecular complexity index is 1270. The number of unbranched alkanes of at least 4 members (excludes halogenated alkanes) is 1. The van der Waals surface area contributed by atoms with Crippen LogP contribution in [0.2, 0.25) is 0 Å². The standard InChI is InChI=1S/C38H60N4O6/c1-11-21-38(8,9)26-47-35(44)32-20-16-23-42(41-32)34(43)33(40-36(45)48-37(5,6)7)25-29-17-15-19-31(24-29)30(12-2)18-13-14-22-39-27(3)28(4)46-10/h12,15,17-19,24,28,32-33,39,41H,2-3,11,13-14,16,20-23,25-26H2,1,4-10H3,(H,40,45)/b30-18+/t28-,32-,33-/m0/s1. The second-order valence-corrected chi connectivity index (χ2v) is 14.3. The summed E-state index contributed by atoms with van der Waals surface area (Å²) in [5, 5.41) is 7.52. The number of ether oxygens (including phenoxy) is 3. The summed E-state index contributed by atoms with van der Waals surface area (Å²) in [6.45, 7) is 23.0. The number of methoxy groups -OCH3 is 1. The largest absolute Gasteiger partial charge is 0.464 e. The third-order valence-electron chi connectivity index (χ3n) is 8.12. The number of hydrazine groups is 1. The molecule has 10 heteroatoms. The first-order valence-corrected chi connectivity index (χ1v) is 17.2. The highest BCUT2D eigenvalue weighted by molar-refractivity contribution is 5.86. The van der Waals surface area contributed by atoms with Gasteiger partial charge in [-0.25, -0.2) is 10.2 Å². The van der Waals surface area contributed by atoms with E-state index in [-0.39, 0.29) is 29.8 Å². The molecule has 268 valence electrons. The zero-order valence-electron chi connectivity index (χ0n) is 30.6. The molecule has 10 nitrogen and oxygen atoms in total. The lowest BCUT2D eigenvalue weighted by atomic mass is 9.89. The van der Waals surface area contributed by atoms with E-state index in [1.54, 1.807) is 27.9 Å². The van der Waals surface area contributed by atoms with E-state index in [9.17, 15) is 14.4 Å². The Hall–Kier alpha value is -3.63. The van der Waals surface area contributed by atoms with E-state index >= 15 is 0 Å². The van der Waals surface area contributed by atoms with Gasteiger partial charge >= 0.3 is 12.1 Å². The van der Waals surface area contributed by atoms with E-state index in [0.29, 0.717) is 26.0 Å². The number of carbonyl (C=O) groups is 3. The molecule has 0 radical (unpaired) electrons. The zero-order chi connectivity index (χ0) is 35.9. The number of carbonyl (C=O) groups excluding carboxylic acids is 3. The van der Waals surface area contributed by atoms with Gasteiger partial charge < -0.3 is 24.8 Å². The first kappa shape index (κ1) is 40.5. The molecule has 1 aromatic carbocycles. The molecular weight excluding hydrogens is 608 g/mol. The number of alkyl carbamates (subject to hydrolysis) is 1. The highest BCUT2D eigenvalue weighted by atomic mass is 16.6. The molecule has 0 saturated carbocycles. The molecule has 1 aliphatic rings. The van der Waals surface area contributed by atoms with Gasteiger partial charge in [-0.05, 0) is 81.9 Å². The molecule has 1 aliphatic heterocycles. The van der Waals surface area contributed by atoms with Crippen LogP contribution in [0.5, 0.6) is 0 Å². The first-order valence-electron chi connectivity index (χ1n) is 17.2.